The zero-order valence-electron chi connectivity index (χ0n) is 19.9. The lowest BCUT2D eigenvalue weighted by Crippen LogP contribution is -2.41. The SMILES string of the molecule is COc1c(Sc2cnc(N3CCC4(CCOC4)CC3)c(CO)n2)ccnc1N1CCC(OC)C1. The van der Waals surface area contributed by atoms with Gasteiger partial charge >= 0.3 is 0 Å². The molecule has 2 aromatic heterocycles. The van der Waals surface area contributed by atoms with E-state index in [4.69, 9.17) is 24.2 Å². The molecule has 2 aromatic rings. The van der Waals surface area contributed by atoms with E-state index in [0.29, 0.717) is 11.1 Å². The van der Waals surface area contributed by atoms with Gasteiger partial charge in [-0.15, -0.1) is 0 Å². The second-order valence-corrected chi connectivity index (χ2v) is 10.3. The Kier molecular flexibility index (Phi) is 7.10. The fourth-order valence-corrected chi connectivity index (χ4v) is 6.08. The molecule has 0 amide bonds. The molecule has 3 aliphatic heterocycles. The van der Waals surface area contributed by atoms with Gasteiger partial charge < -0.3 is 29.1 Å². The molecule has 5 rings (SSSR count). The highest BCUT2D eigenvalue weighted by Gasteiger charge is 2.38. The number of hydrogen-bond acceptors (Lipinski definition) is 10. The first-order valence-electron chi connectivity index (χ1n) is 11.9. The lowest BCUT2D eigenvalue weighted by atomic mass is 9.78. The van der Waals surface area contributed by atoms with Crippen molar-refractivity contribution < 1.29 is 19.3 Å². The second-order valence-electron chi connectivity index (χ2n) is 9.29. The van der Waals surface area contributed by atoms with E-state index in [-0.39, 0.29) is 12.7 Å². The Morgan fingerprint density at radius 3 is 2.68 bits per heavy atom. The molecule has 0 bridgehead atoms. The third-order valence-electron chi connectivity index (χ3n) is 7.31. The zero-order valence-corrected chi connectivity index (χ0v) is 20.7. The summed E-state index contributed by atoms with van der Waals surface area (Å²) in [6, 6.07) is 1.93. The van der Waals surface area contributed by atoms with Crippen LogP contribution in [0.3, 0.4) is 0 Å². The Balaban J connectivity index is 1.33. The molecular weight excluding hydrogens is 454 g/mol. The molecule has 5 heterocycles. The van der Waals surface area contributed by atoms with Crippen LogP contribution < -0.4 is 14.5 Å². The summed E-state index contributed by atoms with van der Waals surface area (Å²) in [5, 5.41) is 10.8. The Morgan fingerprint density at radius 1 is 1.15 bits per heavy atom. The number of hydrogen-bond donors (Lipinski definition) is 1. The van der Waals surface area contributed by atoms with Gasteiger partial charge in [0.1, 0.15) is 10.7 Å². The zero-order chi connectivity index (χ0) is 23.5. The highest BCUT2D eigenvalue weighted by atomic mass is 32.2. The van der Waals surface area contributed by atoms with Gasteiger partial charge in [-0.05, 0) is 37.2 Å². The van der Waals surface area contributed by atoms with Crippen LogP contribution in [0.15, 0.2) is 28.4 Å². The van der Waals surface area contributed by atoms with Crippen LogP contribution in [0.1, 0.15) is 31.4 Å². The second kappa shape index (κ2) is 10.2. The van der Waals surface area contributed by atoms with E-state index in [1.54, 1.807) is 26.6 Å². The number of methoxy groups -OCH3 is 2. The Morgan fingerprint density at radius 2 is 2.00 bits per heavy atom. The lowest BCUT2D eigenvalue weighted by molar-refractivity contribution is 0.121. The van der Waals surface area contributed by atoms with Crippen LogP contribution in [0.4, 0.5) is 11.6 Å². The third kappa shape index (κ3) is 4.68. The highest BCUT2D eigenvalue weighted by molar-refractivity contribution is 7.99. The molecule has 0 radical (unpaired) electrons. The van der Waals surface area contributed by atoms with Crippen molar-refractivity contribution in [3.05, 3.63) is 24.2 Å². The minimum atomic E-state index is -0.146. The molecule has 0 aliphatic carbocycles. The topological polar surface area (TPSA) is 93.1 Å². The van der Waals surface area contributed by atoms with Crippen molar-refractivity contribution in [1.82, 2.24) is 15.0 Å². The summed E-state index contributed by atoms with van der Waals surface area (Å²) in [5.74, 6) is 2.32. The summed E-state index contributed by atoms with van der Waals surface area (Å²) < 4.78 is 16.9. The Labute approximate surface area is 204 Å². The highest BCUT2D eigenvalue weighted by Crippen LogP contribution is 2.42. The van der Waals surface area contributed by atoms with Crippen LogP contribution in [0.5, 0.6) is 5.75 Å². The normalized spacial score (nSPS) is 22.0. The predicted molar refractivity (Wildman–Crippen MR) is 130 cm³/mol. The number of anilines is 2. The fraction of sp³-hybridized carbons (Fsp3) is 0.625. The number of pyridine rings is 1. The quantitative estimate of drug-likeness (QED) is 0.628. The van der Waals surface area contributed by atoms with Crippen LogP contribution in [0.25, 0.3) is 0 Å². The van der Waals surface area contributed by atoms with Crippen molar-refractivity contribution >= 4 is 23.4 Å². The number of aliphatic hydroxyl groups is 1. The van der Waals surface area contributed by atoms with Gasteiger partial charge in [0.15, 0.2) is 17.4 Å². The third-order valence-corrected chi connectivity index (χ3v) is 8.25. The van der Waals surface area contributed by atoms with E-state index in [1.807, 2.05) is 6.07 Å². The van der Waals surface area contributed by atoms with Gasteiger partial charge in [0.2, 0.25) is 0 Å². The number of piperidine rings is 1. The molecule has 10 heteroatoms. The Bertz CT molecular complexity index is 993. The Hall–Kier alpha value is -2.14. The van der Waals surface area contributed by atoms with E-state index < -0.39 is 0 Å². The van der Waals surface area contributed by atoms with Crippen molar-refractivity contribution in [2.45, 2.75) is 48.3 Å². The molecule has 3 aliphatic rings. The molecule has 0 aromatic carbocycles. The number of nitrogens with zero attached hydrogens (tertiary/aromatic N) is 5. The lowest BCUT2D eigenvalue weighted by Gasteiger charge is -2.39. The average Bonchev–Trinajstić information content (AvgIpc) is 3.54. The summed E-state index contributed by atoms with van der Waals surface area (Å²) >= 11 is 1.48. The molecule has 3 saturated heterocycles. The molecule has 34 heavy (non-hydrogen) atoms. The monoisotopic (exact) mass is 487 g/mol. The molecule has 9 nitrogen and oxygen atoms in total. The summed E-state index contributed by atoms with van der Waals surface area (Å²) in [7, 11) is 3.41. The van der Waals surface area contributed by atoms with E-state index >= 15 is 0 Å². The standard InChI is InChI=1S/C24H33N5O4S/c1-31-17-4-9-29(14-17)23-21(32-2)19(3-8-25-23)34-20-13-26-22(18(15-30)27-20)28-10-5-24(6-11-28)7-12-33-16-24/h3,8,13,17,30H,4-7,9-12,14-16H2,1-2H3. The molecule has 0 saturated carbocycles. The van der Waals surface area contributed by atoms with E-state index in [1.165, 1.54) is 11.8 Å². The summed E-state index contributed by atoms with van der Waals surface area (Å²) in [4.78, 5) is 19.4. The first-order valence-corrected chi connectivity index (χ1v) is 12.7. The van der Waals surface area contributed by atoms with Crippen molar-refractivity contribution in [1.29, 1.82) is 0 Å². The number of rotatable bonds is 7. The maximum absolute atomic E-state index is 10.1. The van der Waals surface area contributed by atoms with Gasteiger partial charge in [-0.1, -0.05) is 11.8 Å². The largest absolute Gasteiger partial charge is 0.492 e. The van der Waals surface area contributed by atoms with Crippen molar-refractivity contribution in [2.24, 2.45) is 5.41 Å². The van der Waals surface area contributed by atoms with Gasteiger partial charge in [-0.25, -0.2) is 15.0 Å². The maximum atomic E-state index is 10.1. The summed E-state index contributed by atoms with van der Waals surface area (Å²) in [6.07, 6.45) is 8.09. The molecule has 1 N–H and O–H groups in total. The minimum Gasteiger partial charge on any atom is -0.492 e. The fourth-order valence-electron chi connectivity index (χ4n) is 5.20. The maximum Gasteiger partial charge on any atom is 0.175 e. The van der Waals surface area contributed by atoms with Crippen molar-refractivity contribution in [2.75, 3.05) is 63.4 Å². The molecule has 1 spiro atoms. The van der Waals surface area contributed by atoms with Gasteiger partial charge in [-0.3, -0.25) is 0 Å². The van der Waals surface area contributed by atoms with Gasteiger partial charge in [0.05, 0.1) is 37.5 Å². The van der Waals surface area contributed by atoms with Crippen LogP contribution in [-0.2, 0) is 16.1 Å². The summed E-state index contributed by atoms with van der Waals surface area (Å²) in [5.41, 5.74) is 0.937. The van der Waals surface area contributed by atoms with E-state index in [2.05, 4.69) is 14.8 Å². The van der Waals surface area contributed by atoms with Crippen LogP contribution in [0.2, 0.25) is 0 Å². The molecule has 1 atom stereocenters. The predicted octanol–water partition coefficient (Wildman–Crippen LogP) is 2.76. The molecule has 3 fully saturated rings. The first-order chi connectivity index (χ1) is 16.6. The summed E-state index contributed by atoms with van der Waals surface area (Å²) in [6.45, 7) is 5.09. The smallest absolute Gasteiger partial charge is 0.175 e. The number of aliphatic hydroxyl groups excluding tert-OH is 1. The van der Waals surface area contributed by atoms with Crippen LogP contribution in [-0.4, -0.2) is 79.8 Å². The molecule has 1 unspecified atom stereocenters. The number of ether oxygens (including phenoxy) is 3. The van der Waals surface area contributed by atoms with Crippen LogP contribution >= 0.6 is 11.8 Å². The van der Waals surface area contributed by atoms with Gasteiger partial charge in [0.25, 0.3) is 0 Å². The van der Waals surface area contributed by atoms with Crippen molar-refractivity contribution in [3.8, 4) is 5.75 Å². The van der Waals surface area contributed by atoms with Gasteiger partial charge in [-0.2, -0.15) is 0 Å². The molecule has 184 valence electrons. The minimum absolute atomic E-state index is 0.146. The first kappa shape index (κ1) is 23.6. The van der Waals surface area contributed by atoms with E-state index in [0.717, 1.165) is 92.4 Å². The number of aromatic nitrogens is 3. The average molecular weight is 488 g/mol. The van der Waals surface area contributed by atoms with Crippen LogP contribution in [0, 0.1) is 5.41 Å². The van der Waals surface area contributed by atoms with E-state index in [9.17, 15) is 5.11 Å². The van der Waals surface area contributed by atoms with Crippen molar-refractivity contribution in [3.63, 3.8) is 0 Å². The molecular formula is C24H33N5O4S. The van der Waals surface area contributed by atoms with Gasteiger partial charge in [0, 0.05) is 46.1 Å².